The summed E-state index contributed by atoms with van der Waals surface area (Å²) in [5, 5.41) is 11.2. The average Bonchev–Trinajstić information content (AvgIpc) is 3.24. The van der Waals surface area contributed by atoms with Crippen LogP contribution in [0, 0.1) is 0 Å². The molecule has 6 heteroatoms. The van der Waals surface area contributed by atoms with Gasteiger partial charge in [0.2, 0.25) is 0 Å². The summed E-state index contributed by atoms with van der Waals surface area (Å²) < 4.78 is 17.8. The number of fused-ring (bicyclic) bond motifs is 1. The minimum Gasteiger partial charge on any atom is -0.485 e. The van der Waals surface area contributed by atoms with Gasteiger partial charge in [-0.25, -0.2) is 0 Å². The Morgan fingerprint density at radius 2 is 1.83 bits per heavy atom. The van der Waals surface area contributed by atoms with Gasteiger partial charge in [-0.05, 0) is 74.7 Å². The lowest BCUT2D eigenvalue weighted by atomic mass is 9.97. The molecule has 0 fully saturated rings. The monoisotopic (exact) mass is 487 g/mol. The van der Waals surface area contributed by atoms with Crippen LogP contribution in [-0.4, -0.2) is 16.7 Å². The van der Waals surface area contributed by atoms with Gasteiger partial charge < -0.3 is 24.7 Å². The number of esters is 1. The number of hydrogen-bond acceptors (Lipinski definition) is 6. The van der Waals surface area contributed by atoms with Crippen molar-refractivity contribution in [1.29, 1.82) is 0 Å². The summed E-state index contributed by atoms with van der Waals surface area (Å²) in [4.78, 5) is 12.4. The maximum absolute atomic E-state index is 12.4. The molecule has 1 aromatic heterocycles. The molecule has 6 nitrogen and oxygen atoms in total. The van der Waals surface area contributed by atoms with Gasteiger partial charge in [0.25, 0.3) is 0 Å². The molecule has 0 aliphatic rings. The van der Waals surface area contributed by atoms with Gasteiger partial charge >= 0.3 is 5.97 Å². The fourth-order valence-corrected chi connectivity index (χ4v) is 4.09. The molecular formula is C30H33NO5. The molecule has 0 saturated carbocycles. The zero-order chi connectivity index (χ0) is 25.9. The van der Waals surface area contributed by atoms with Gasteiger partial charge in [0.1, 0.15) is 29.3 Å². The number of nitrogens with two attached hydrogens (primary N) is 1. The van der Waals surface area contributed by atoms with Crippen LogP contribution in [0.1, 0.15) is 56.2 Å². The SMILES string of the molecule is CC(O)c1cc(-c2cccc(CN)c2)c2oc(COc3ccccc3CC(=O)OC(C)(C)C)cc2c1. The summed E-state index contributed by atoms with van der Waals surface area (Å²) in [6, 6.07) is 21.2. The molecule has 1 heterocycles. The molecule has 188 valence electrons. The van der Waals surface area contributed by atoms with Gasteiger partial charge in [-0.3, -0.25) is 4.79 Å². The van der Waals surface area contributed by atoms with Gasteiger partial charge in [-0.2, -0.15) is 0 Å². The fraction of sp³-hybridized carbons (Fsp3) is 0.300. The summed E-state index contributed by atoms with van der Waals surface area (Å²) in [5.41, 5.74) is 10.4. The Morgan fingerprint density at radius 1 is 1.06 bits per heavy atom. The predicted octanol–water partition coefficient (Wildman–Crippen LogP) is 6.08. The second-order valence-electron chi connectivity index (χ2n) is 9.94. The van der Waals surface area contributed by atoms with E-state index in [9.17, 15) is 9.90 Å². The van der Waals surface area contributed by atoms with Crippen LogP contribution in [0.3, 0.4) is 0 Å². The van der Waals surface area contributed by atoms with E-state index in [0.29, 0.717) is 23.6 Å². The largest absolute Gasteiger partial charge is 0.485 e. The molecule has 3 N–H and O–H groups in total. The minimum atomic E-state index is -0.625. The normalized spacial score (nSPS) is 12.5. The molecule has 0 amide bonds. The summed E-state index contributed by atoms with van der Waals surface area (Å²) >= 11 is 0. The fourth-order valence-electron chi connectivity index (χ4n) is 4.09. The lowest BCUT2D eigenvalue weighted by molar-refractivity contribution is -0.153. The van der Waals surface area contributed by atoms with E-state index in [-0.39, 0.29) is 19.0 Å². The second-order valence-corrected chi connectivity index (χ2v) is 9.94. The van der Waals surface area contributed by atoms with Crippen molar-refractivity contribution < 1.29 is 23.8 Å². The lowest BCUT2D eigenvalue weighted by Gasteiger charge is -2.20. The number of carbonyl (C=O) groups excluding carboxylic acids is 1. The average molecular weight is 488 g/mol. The second kappa shape index (κ2) is 10.6. The molecule has 0 spiro atoms. The first-order valence-corrected chi connectivity index (χ1v) is 12.1. The van der Waals surface area contributed by atoms with Crippen molar-refractivity contribution in [1.82, 2.24) is 0 Å². The van der Waals surface area contributed by atoms with Crippen LogP contribution >= 0.6 is 0 Å². The van der Waals surface area contributed by atoms with Crippen LogP contribution in [0.25, 0.3) is 22.1 Å². The van der Waals surface area contributed by atoms with Gasteiger partial charge in [-0.1, -0.05) is 36.4 Å². The quantitative estimate of drug-likeness (QED) is 0.293. The number of hydrogen-bond donors (Lipinski definition) is 2. The van der Waals surface area contributed by atoms with E-state index in [2.05, 4.69) is 0 Å². The van der Waals surface area contributed by atoms with E-state index >= 15 is 0 Å². The third-order valence-corrected chi connectivity index (χ3v) is 5.74. The lowest BCUT2D eigenvalue weighted by Crippen LogP contribution is -2.25. The molecule has 0 radical (unpaired) electrons. The molecule has 1 atom stereocenters. The molecule has 36 heavy (non-hydrogen) atoms. The summed E-state index contributed by atoms with van der Waals surface area (Å²) in [5.74, 6) is 0.928. The van der Waals surface area contributed by atoms with Crippen LogP contribution in [-0.2, 0) is 29.1 Å². The minimum absolute atomic E-state index is 0.118. The van der Waals surface area contributed by atoms with E-state index in [1.54, 1.807) is 6.92 Å². The summed E-state index contributed by atoms with van der Waals surface area (Å²) in [6.45, 7) is 7.90. The molecular weight excluding hydrogens is 454 g/mol. The van der Waals surface area contributed by atoms with E-state index in [0.717, 1.165) is 33.2 Å². The molecule has 1 unspecified atom stereocenters. The predicted molar refractivity (Wildman–Crippen MR) is 140 cm³/mol. The van der Waals surface area contributed by atoms with Gasteiger partial charge in [0.05, 0.1) is 12.5 Å². The van der Waals surface area contributed by atoms with Crippen molar-refractivity contribution in [3.63, 3.8) is 0 Å². The first-order valence-electron chi connectivity index (χ1n) is 12.1. The number of aliphatic hydroxyl groups excluding tert-OH is 1. The summed E-state index contributed by atoms with van der Waals surface area (Å²) in [6.07, 6.45) is -0.507. The number of furan rings is 1. The third kappa shape index (κ3) is 6.14. The van der Waals surface area contributed by atoms with E-state index in [1.807, 2.05) is 87.5 Å². The van der Waals surface area contributed by atoms with E-state index in [1.165, 1.54) is 0 Å². The Hall–Kier alpha value is -3.61. The highest BCUT2D eigenvalue weighted by atomic mass is 16.6. The van der Waals surface area contributed by atoms with Crippen LogP contribution < -0.4 is 10.5 Å². The molecule has 0 aliphatic carbocycles. The highest BCUT2D eigenvalue weighted by molar-refractivity contribution is 5.93. The smallest absolute Gasteiger partial charge is 0.310 e. The molecule has 4 rings (SSSR count). The van der Waals surface area contributed by atoms with Crippen LogP contribution in [0.15, 0.2) is 71.1 Å². The Kier molecular flexibility index (Phi) is 7.48. The molecule has 0 saturated heterocycles. The number of para-hydroxylation sites is 1. The van der Waals surface area contributed by atoms with Crippen LogP contribution in [0.5, 0.6) is 5.75 Å². The zero-order valence-corrected chi connectivity index (χ0v) is 21.2. The van der Waals surface area contributed by atoms with Gasteiger partial charge in [0.15, 0.2) is 0 Å². The van der Waals surface area contributed by atoms with Crippen molar-refractivity contribution in [3.8, 4) is 16.9 Å². The van der Waals surface area contributed by atoms with Crippen molar-refractivity contribution in [2.24, 2.45) is 5.73 Å². The molecule has 4 aromatic rings. The Morgan fingerprint density at radius 3 is 2.56 bits per heavy atom. The standard InChI is InChI=1S/C30H33NO5/c1-19(32)23-13-24-14-25(35-29(24)26(15-23)21-10-7-8-20(12-21)17-31)18-34-27-11-6-5-9-22(27)16-28(33)36-30(2,3)4/h5-15,19,32H,16-18,31H2,1-4H3. The van der Waals surface area contributed by atoms with Crippen molar-refractivity contribution in [2.45, 2.75) is 59.0 Å². The van der Waals surface area contributed by atoms with Crippen molar-refractivity contribution in [3.05, 3.63) is 89.2 Å². The number of rotatable bonds is 8. The van der Waals surface area contributed by atoms with E-state index in [4.69, 9.17) is 19.6 Å². The number of benzene rings is 3. The highest BCUT2D eigenvalue weighted by Gasteiger charge is 2.19. The maximum atomic E-state index is 12.4. The number of aliphatic hydroxyl groups is 1. The van der Waals surface area contributed by atoms with Crippen molar-refractivity contribution >= 4 is 16.9 Å². The third-order valence-electron chi connectivity index (χ3n) is 5.74. The van der Waals surface area contributed by atoms with Crippen LogP contribution in [0.4, 0.5) is 0 Å². The van der Waals surface area contributed by atoms with Crippen LogP contribution in [0.2, 0.25) is 0 Å². The molecule has 0 bridgehead atoms. The first-order chi connectivity index (χ1) is 17.1. The van der Waals surface area contributed by atoms with Crippen molar-refractivity contribution in [2.75, 3.05) is 0 Å². The zero-order valence-electron chi connectivity index (χ0n) is 21.2. The first kappa shape index (κ1) is 25.5. The Balaban J connectivity index is 1.62. The Labute approximate surface area is 211 Å². The van der Waals surface area contributed by atoms with E-state index < -0.39 is 11.7 Å². The molecule has 0 aliphatic heterocycles. The maximum Gasteiger partial charge on any atom is 0.310 e. The summed E-state index contributed by atoms with van der Waals surface area (Å²) in [7, 11) is 0. The van der Waals surface area contributed by atoms with Gasteiger partial charge in [0, 0.05) is 23.1 Å². The number of carbonyl (C=O) groups is 1. The highest BCUT2D eigenvalue weighted by Crippen LogP contribution is 2.35. The molecule has 3 aromatic carbocycles. The van der Waals surface area contributed by atoms with Gasteiger partial charge in [-0.15, -0.1) is 0 Å². The topological polar surface area (TPSA) is 94.9 Å². The Bertz CT molecular complexity index is 1360. The number of ether oxygens (including phenoxy) is 2.